The third-order valence-electron chi connectivity index (χ3n) is 5.32. The minimum atomic E-state index is -0.917. The van der Waals surface area contributed by atoms with Gasteiger partial charge >= 0.3 is 0 Å². The van der Waals surface area contributed by atoms with E-state index in [1.54, 1.807) is 24.3 Å². The molecule has 2 atom stereocenters. The smallest absolute Gasteiger partial charge is 0.258 e. The van der Waals surface area contributed by atoms with Gasteiger partial charge < -0.3 is 15.5 Å². The van der Waals surface area contributed by atoms with Crippen LogP contribution in [0, 0.1) is 5.92 Å². The number of nitrogens with zero attached hydrogens (tertiary/aromatic N) is 2. The number of hydrogen-bond donors (Lipinski definition) is 3. The van der Waals surface area contributed by atoms with Crippen molar-refractivity contribution in [2.75, 3.05) is 28.6 Å². The molecule has 0 radical (unpaired) electrons. The van der Waals surface area contributed by atoms with Crippen LogP contribution in [0.25, 0.3) is 0 Å². The third kappa shape index (κ3) is 4.12. The molecule has 2 amide bonds. The van der Waals surface area contributed by atoms with Crippen LogP contribution >= 0.6 is 11.6 Å². The summed E-state index contributed by atoms with van der Waals surface area (Å²) in [4.78, 5) is 47.2. The fourth-order valence-electron chi connectivity index (χ4n) is 3.88. The molecule has 0 bridgehead atoms. The first-order valence-corrected chi connectivity index (χ1v) is 10.0. The van der Waals surface area contributed by atoms with E-state index in [1.165, 1.54) is 0 Å². The Hall–Kier alpha value is -2.87. The number of piperidine rings is 1. The zero-order valence-electron chi connectivity index (χ0n) is 16.0. The van der Waals surface area contributed by atoms with Crippen molar-refractivity contribution in [3.63, 3.8) is 0 Å². The van der Waals surface area contributed by atoms with Gasteiger partial charge in [-0.2, -0.15) is 4.98 Å². The van der Waals surface area contributed by atoms with Gasteiger partial charge in [-0.25, -0.2) is 0 Å². The Labute approximate surface area is 172 Å². The summed E-state index contributed by atoms with van der Waals surface area (Å²) in [6, 6.07) is 6.62. The standard InChI is InChI=1S/C20H22ClN5O3/c1-11-3-2-8-26(10-11)20-24-17-16(19(29)25-20)14(9-15(27)23-17)18(28)22-13-6-4-12(21)5-7-13/h4-7,11,14H,2-3,8-10H2,1H3,(H,22,28)(H2,23,24,25,27,29)/t11-,14-/m1/s1. The summed E-state index contributed by atoms with van der Waals surface area (Å²) >= 11 is 5.87. The molecule has 3 N–H and O–H groups in total. The fraction of sp³-hybridized carbons (Fsp3) is 0.400. The molecule has 1 aromatic heterocycles. The number of carbonyl (C=O) groups is 2. The average molecular weight is 416 g/mol. The zero-order chi connectivity index (χ0) is 20.5. The predicted octanol–water partition coefficient (Wildman–Crippen LogP) is 2.72. The molecule has 1 aromatic carbocycles. The van der Waals surface area contributed by atoms with Crippen LogP contribution in [-0.4, -0.2) is 34.9 Å². The molecule has 0 aliphatic carbocycles. The van der Waals surface area contributed by atoms with E-state index in [1.807, 2.05) is 4.90 Å². The lowest BCUT2D eigenvalue weighted by Crippen LogP contribution is -2.40. The number of rotatable bonds is 3. The maximum atomic E-state index is 12.9. The molecule has 1 saturated heterocycles. The Bertz CT molecular complexity index is 1000. The maximum absolute atomic E-state index is 12.9. The molecule has 1 fully saturated rings. The Balaban J connectivity index is 1.63. The number of hydrogen-bond acceptors (Lipinski definition) is 5. The Morgan fingerprint density at radius 3 is 2.76 bits per heavy atom. The van der Waals surface area contributed by atoms with Crippen molar-refractivity contribution in [2.45, 2.75) is 32.1 Å². The number of halogens is 1. The van der Waals surface area contributed by atoms with Gasteiger partial charge in [0.15, 0.2) is 0 Å². The lowest BCUT2D eigenvalue weighted by molar-refractivity contribution is -0.123. The van der Waals surface area contributed by atoms with Crippen LogP contribution in [0.2, 0.25) is 5.02 Å². The predicted molar refractivity (Wildman–Crippen MR) is 112 cm³/mol. The van der Waals surface area contributed by atoms with E-state index in [-0.39, 0.29) is 23.7 Å². The molecule has 0 unspecified atom stereocenters. The van der Waals surface area contributed by atoms with Crippen LogP contribution < -0.4 is 21.1 Å². The second-order valence-electron chi connectivity index (χ2n) is 7.65. The lowest BCUT2D eigenvalue weighted by Gasteiger charge is -2.32. The second-order valence-corrected chi connectivity index (χ2v) is 8.08. The van der Waals surface area contributed by atoms with Crippen molar-refractivity contribution >= 4 is 40.9 Å². The SMILES string of the molecule is C[C@@H]1CCCN(c2nc3c(c(=O)[nH]2)[C@H](C(=O)Nc2ccc(Cl)cc2)CC(=O)N3)C1. The Kier molecular flexibility index (Phi) is 5.27. The van der Waals surface area contributed by atoms with Crippen molar-refractivity contribution < 1.29 is 9.59 Å². The summed E-state index contributed by atoms with van der Waals surface area (Å²) in [5, 5.41) is 5.94. The van der Waals surface area contributed by atoms with Gasteiger partial charge in [0.25, 0.3) is 5.56 Å². The van der Waals surface area contributed by atoms with E-state index < -0.39 is 17.4 Å². The Morgan fingerprint density at radius 1 is 1.28 bits per heavy atom. The van der Waals surface area contributed by atoms with Crippen LogP contribution in [-0.2, 0) is 9.59 Å². The van der Waals surface area contributed by atoms with Crippen LogP contribution in [0.1, 0.15) is 37.7 Å². The van der Waals surface area contributed by atoms with Gasteiger partial charge in [0.05, 0.1) is 11.5 Å². The van der Waals surface area contributed by atoms with E-state index in [0.29, 0.717) is 22.6 Å². The Morgan fingerprint density at radius 2 is 2.03 bits per heavy atom. The summed E-state index contributed by atoms with van der Waals surface area (Å²) in [5.74, 6) is -0.605. The lowest BCUT2D eigenvalue weighted by atomic mass is 9.92. The number of H-pyrrole nitrogens is 1. The number of aromatic amines is 1. The summed E-state index contributed by atoms with van der Waals surface area (Å²) in [6.45, 7) is 3.73. The molecule has 0 saturated carbocycles. The molecule has 8 nitrogen and oxygen atoms in total. The molecular weight excluding hydrogens is 394 g/mol. The summed E-state index contributed by atoms with van der Waals surface area (Å²) in [5.41, 5.74) is 0.319. The molecule has 0 spiro atoms. The summed E-state index contributed by atoms with van der Waals surface area (Å²) in [6.07, 6.45) is 2.03. The number of carbonyl (C=O) groups excluding carboxylic acids is 2. The van der Waals surface area contributed by atoms with Crippen molar-refractivity contribution in [3.8, 4) is 0 Å². The molecule has 2 aliphatic heterocycles. The third-order valence-corrected chi connectivity index (χ3v) is 5.58. The van der Waals surface area contributed by atoms with E-state index >= 15 is 0 Å². The normalized spacial score (nSPS) is 21.3. The van der Waals surface area contributed by atoms with E-state index in [2.05, 4.69) is 27.5 Å². The number of nitrogens with one attached hydrogen (secondary N) is 3. The largest absolute Gasteiger partial charge is 0.342 e. The van der Waals surface area contributed by atoms with Crippen molar-refractivity contribution in [2.24, 2.45) is 5.92 Å². The molecule has 2 aromatic rings. The minimum Gasteiger partial charge on any atom is -0.342 e. The first kappa shape index (κ1) is 19.4. The van der Waals surface area contributed by atoms with Crippen LogP contribution in [0.15, 0.2) is 29.1 Å². The highest BCUT2D eigenvalue weighted by Crippen LogP contribution is 2.31. The van der Waals surface area contributed by atoms with Gasteiger partial charge in [-0.05, 0) is 43.0 Å². The van der Waals surface area contributed by atoms with E-state index in [9.17, 15) is 14.4 Å². The molecule has 4 rings (SSSR count). The molecule has 29 heavy (non-hydrogen) atoms. The maximum Gasteiger partial charge on any atom is 0.258 e. The van der Waals surface area contributed by atoms with Gasteiger partial charge in [0.2, 0.25) is 17.8 Å². The number of amides is 2. The van der Waals surface area contributed by atoms with Crippen LogP contribution in [0.5, 0.6) is 0 Å². The van der Waals surface area contributed by atoms with Gasteiger partial charge in [-0.1, -0.05) is 18.5 Å². The van der Waals surface area contributed by atoms with E-state index in [0.717, 1.165) is 25.9 Å². The monoisotopic (exact) mass is 415 g/mol. The number of anilines is 3. The fourth-order valence-corrected chi connectivity index (χ4v) is 4.00. The van der Waals surface area contributed by atoms with Crippen LogP contribution in [0.3, 0.4) is 0 Å². The number of benzene rings is 1. The van der Waals surface area contributed by atoms with Gasteiger partial charge in [0.1, 0.15) is 5.82 Å². The highest BCUT2D eigenvalue weighted by atomic mass is 35.5. The highest BCUT2D eigenvalue weighted by Gasteiger charge is 2.35. The summed E-state index contributed by atoms with van der Waals surface area (Å²) in [7, 11) is 0. The second kappa shape index (κ2) is 7.87. The topological polar surface area (TPSA) is 107 Å². The molecule has 3 heterocycles. The number of fused-ring (bicyclic) bond motifs is 1. The van der Waals surface area contributed by atoms with Crippen LogP contribution in [0.4, 0.5) is 17.5 Å². The van der Waals surface area contributed by atoms with Crippen molar-refractivity contribution in [1.29, 1.82) is 0 Å². The van der Waals surface area contributed by atoms with Crippen molar-refractivity contribution in [1.82, 2.24) is 9.97 Å². The highest BCUT2D eigenvalue weighted by molar-refractivity contribution is 6.30. The number of aromatic nitrogens is 2. The molecule has 2 aliphatic rings. The first-order chi connectivity index (χ1) is 13.9. The average Bonchev–Trinajstić information content (AvgIpc) is 2.68. The first-order valence-electron chi connectivity index (χ1n) is 9.66. The quantitative estimate of drug-likeness (QED) is 0.714. The van der Waals surface area contributed by atoms with Crippen molar-refractivity contribution in [3.05, 3.63) is 45.2 Å². The summed E-state index contributed by atoms with van der Waals surface area (Å²) < 4.78 is 0. The van der Waals surface area contributed by atoms with Gasteiger partial charge in [0, 0.05) is 30.2 Å². The van der Waals surface area contributed by atoms with E-state index in [4.69, 9.17) is 11.6 Å². The zero-order valence-corrected chi connectivity index (χ0v) is 16.8. The van der Waals surface area contributed by atoms with Gasteiger partial charge in [-0.15, -0.1) is 0 Å². The molecule has 152 valence electrons. The molecular formula is C20H22ClN5O3. The van der Waals surface area contributed by atoms with Gasteiger partial charge in [-0.3, -0.25) is 19.4 Å². The molecule has 9 heteroatoms. The minimum absolute atomic E-state index is 0.114.